The zero-order chi connectivity index (χ0) is 13.5. The lowest BCUT2D eigenvalue weighted by molar-refractivity contribution is 0.302. The summed E-state index contributed by atoms with van der Waals surface area (Å²) in [6.45, 7) is 0.406. The Bertz CT molecular complexity index is 777. The van der Waals surface area contributed by atoms with E-state index in [0.29, 0.717) is 6.61 Å². The maximum Gasteiger partial charge on any atom is 0.199 e. The van der Waals surface area contributed by atoms with Crippen molar-refractivity contribution in [3.05, 3.63) is 72.2 Å². The van der Waals surface area contributed by atoms with Gasteiger partial charge in [-0.3, -0.25) is 4.57 Å². The second kappa shape index (κ2) is 4.23. The number of aromatic nitrogens is 1. The lowest BCUT2D eigenvalue weighted by Crippen LogP contribution is -2.07. The fourth-order valence-corrected chi connectivity index (χ4v) is 2.70. The molecule has 1 aliphatic heterocycles. The SMILES string of the molecule is Fc1cc2c(n1-c1ccccc1)-c1ccccc1OC2. The average molecular weight is 265 g/mol. The molecule has 0 saturated heterocycles. The Kier molecular flexibility index (Phi) is 2.39. The van der Waals surface area contributed by atoms with Gasteiger partial charge in [-0.1, -0.05) is 30.3 Å². The fraction of sp³-hybridized carbons (Fsp3) is 0.0588. The van der Waals surface area contributed by atoms with Gasteiger partial charge in [-0.15, -0.1) is 0 Å². The van der Waals surface area contributed by atoms with E-state index in [4.69, 9.17) is 4.74 Å². The molecule has 1 aromatic heterocycles. The van der Waals surface area contributed by atoms with Gasteiger partial charge in [0.25, 0.3) is 0 Å². The molecule has 0 radical (unpaired) electrons. The van der Waals surface area contributed by atoms with E-state index in [1.807, 2.05) is 54.6 Å². The molecular formula is C17H12FNO. The number of rotatable bonds is 1. The third kappa shape index (κ3) is 1.56. The van der Waals surface area contributed by atoms with Crippen LogP contribution in [-0.2, 0) is 6.61 Å². The van der Waals surface area contributed by atoms with E-state index in [0.717, 1.165) is 28.3 Å². The summed E-state index contributed by atoms with van der Waals surface area (Å²) < 4.78 is 21.7. The van der Waals surface area contributed by atoms with Crippen LogP contribution in [0.25, 0.3) is 16.9 Å². The lowest BCUT2D eigenvalue weighted by atomic mass is 10.0. The van der Waals surface area contributed by atoms with Crippen molar-refractivity contribution in [2.24, 2.45) is 0 Å². The van der Waals surface area contributed by atoms with Crippen LogP contribution in [0, 0.1) is 5.95 Å². The van der Waals surface area contributed by atoms with E-state index in [2.05, 4.69) is 0 Å². The molecule has 20 heavy (non-hydrogen) atoms. The normalized spacial score (nSPS) is 12.4. The van der Waals surface area contributed by atoms with Gasteiger partial charge in [-0.25, -0.2) is 0 Å². The summed E-state index contributed by atoms with van der Waals surface area (Å²) in [5.74, 6) is 0.539. The van der Waals surface area contributed by atoms with Gasteiger partial charge in [0.2, 0.25) is 0 Å². The summed E-state index contributed by atoms with van der Waals surface area (Å²) in [5.41, 5.74) is 3.52. The quantitative estimate of drug-likeness (QED) is 0.644. The first-order valence-electron chi connectivity index (χ1n) is 6.52. The number of ether oxygens (including phenoxy) is 1. The highest BCUT2D eigenvalue weighted by atomic mass is 19.1. The van der Waals surface area contributed by atoms with Crippen LogP contribution < -0.4 is 4.74 Å². The minimum absolute atomic E-state index is 0.262. The molecule has 0 spiro atoms. The second-order valence-corrected chi connectivity index (χ2v) is 4.80. The van der Waals surface area contributed by atoms with Gasteiger partial charge in [-0.2, -0.15) is 4.39 Å². The molecule has 0 amide bonds. The first-order chi connectivity index (χ1) is 9.84. The molecule has 0 N–H and O–H groups in total. The van der Waals surface area contributed by atoms with Gasteiger partial charge >= 0.3 is 0 Å². The van der Waals surface area contributed by atoms with Gasteiger partial charge in [-0.05, 0) is 24.3 Å². The third-order valence-electron chi connectivity index (χ3n) is 3.57. The molecule has 0 saturated carbocycles. The first-order valence-corrected chi connectivity index (χ1v) is 6.52. The number of fused-ring (bicyclic) bond motifs is 3. The van der Waals surface area contributed by atoms with Gasteiger partial charge in [0, 0.05) is 22.9 Å². The number of hydrogen-bond donors (Lipinski definition) is 0. The molecule has 3 heteroatoms. The Hall–Kier alpha value is -2.55. The van der Waals surface area contributed by atoms with Gasteiger partial charge in [0.05, 0.1) is 5.69 Å². The van der Waals surface area contributed by atoms with Crippen molar-refractivity contribution in [2.75, 3.05) is 0 Å². The second-order valence-electron chi connectivity index (χ2n) is 4.80. The maximum atomic E-state index is 14.4. The molecule has 4 rings (SSSR count). The van der Waals surface area contributed by atoms with Crippen LogP contribution in [0.5, 0.6) is 5.75 Å². The van der Waals surface area contributed by atoms with Gasteiger partial charge < -0.3 is 4.74 Å². The molecule has 3 aromatic rings. The van der Waals surface area contributed by atoms with E-state index < -0.39 is 0 Å². The minimum Gasteiger partial charge on any atom is -0.488 e. The summed E-state index contributed by atoms with van der Waals surface area (Å²) in [4.78, 5) is 0. The van der Waals surface area contributed by atoms with Gasteiger partial charge in [0.15, 0.2) is 5.95 Å². The lowest BCUT2D eigenvalue weighted by Gasteiger charge is -2.20. The topological polar surface area (TPSA) is 14.2 Å². The predicted molar refractivity (Wildman–Crippen MR) is 75.5 cm³/mol. The Labute approximate surface area is 116 Å². The molecule has 98 valence electrons. The summed E-state index contributed by atoms with van der Waals surface area (Å²) in [6.07, 6.45) is 0. The predicted octanol–water partition coefficient (Wildman–Crippen LogP) is 4.18. The van der Waals surface area contributed by atoms with E-state index in [-0.39, 0.29) is 5.95 Å². The van der Waals surface area contributed by atoms with Crippen molar-refractivity contribution < 1.29 is 9.13 Å². The van der Waals surface area contributed by atoms with Crippen LogP contribution >= 0.6 is 0 Å². The summed E-state index contributed by atoms with van der Waals surface area (Å²) in [7, 11) is 0. The molecule has 2 aromatic carbocycles. The van der Waals surface area contributed by atoms with E-state index >= 15 is 0 Å². The van der Waals surface area contributed by atoms with Crippen LogP contribution in [0.2, 0.25) is 0 Å². The Balaban J connectivity index is 2.02. The first kappa shape index (κ1) is 11.3. The summed E-state index contributed by atoms with van der Waals surface area (Å²) >= 11 is 0. The van der Waals surface area contributed by atoms with Crippen molar-refractivity contribution in [1.29, 1.82) is 0 Å². The molecule has 0 bridgehead atoms. The van der Waals surface area contributed by atoms with Crippen molar-refractivity contribution in [2.45, 2.75) is 6.61 Å². The number of benzene rings is 2. The van der Waals surface area contributed by atoms with Crippen LogP contribution in [0.1, 0.15) is 5.56 Å². The third-order valence-corrected chi connectivity index (χ3v) is 3.57. The van der Waals surface area contributed by atoms with E-state index in [9.17, 15) is 4.39 Å². The average Bonchev–Trinajstić information content (AvgIpc) is 2.84. The maximum absolute atomic E-state index is 14.4. The molecule has 2 heterocycles. The molecule has 0 unspecified atom stereocenters. The number of hydrogen-bond acceptors (Lipinski definition) is 1. The fourth-order valence-electron chi connectivity index (χ4n) is 2.70. The molecule has 2 nitrogen and oxygen atoms in total. The Morgan fingerprint density at radius 1 is 0.950 bits per heavy atom. The molecular weight excluding hydrogens is 253 g/mol. The van der Waals surface area contributed by atoms with E-state index in [1.165, 1.54) is 0 Å². The summed E-state index contributed by atoms with van der Waals surface area (Å²) in [5, 5.41) is 0. The zero-order valence-corrected chi connectivity index (χ0v) is 10.7. The van der Waals surface area contributed by atoms with Crippen LogP contribution in [0.15, 0.2) is 60.7 Å². The monoisotopic (exact) mass is 265 g/mol. The Morgan fingerprint density at radius 3 is 2.55 bits per heavy atom. The van der Waals surface area contributed by atoms with Gasteiger partial charge in [0.1, 0.15) is 12.4 Å². The number of para-hydroxylation sites is 2. The van der Waals surface area contributed by atoms with Crippen molar-refractivity contribution in [3.63, 3.8) is 0 Å². The molecule has 0 atom stereocenters. The molecule has 0 aliphatic carbocycles. The molecule has 0 fully saturated rings. The minimum atomic E-state index is -0.262. The highest BCUT2D eigenvalue weighted by molar-refractivity contribution is 5.74. The number of halogens is 1. The largest absolute Gasteiger partial charge is 0.488 e. The highest BCUT2D eigenvalue weighted by Crippen LogP contribution is 2.40. The highest BCUT2D eigenvalue weighted by Gasteiger charge is 2.24. The van der Waals surface area contributed by atoms with Crippen molar-refractivity contribution in [3.8, 4) is 22.7 Å². The Morgan fingerprint density at radius 2 is 1.70 bits per heavy atom. The van der Waals surface area contributed by atoms with Crippen LogP contribution in [0.3, 0.4) is 0 Å². The smallest absolute Gasteiger partial charge is 0.199 e. The van der Waals surface area contributed by atoms with Crippen molar-refractivity contribution in [1.82, 2.24) is 4.57 Å². The zero-order valence-electron chi connectivity index (χ0n) is 10.7. The van der Waals surface area contributed by atoms with Crippen LogP contribution in [-0.4, -0.2) is 4.57 Å². The van der Waals surface area contributed by atoms with Crippen LogP contribution in [0.4, 0.5) is 4.39 Å². The molecule has 1 aliphatic rings. The van der Waals surface area contributed by atoms with Crippen molar-refractivity contribution >= 4 is 0 Å². The summed E-state index contributed by atoms with van der Waals surface area (Å²) in [6, 6.07) is 18.9. The number of nitrogens with zero attached hydrogens (tertiary/aromatic N) is 1. The standard InChI is InChI=1S/C17H12FNO/c18-16-10-12-11-20-15-9-5-4-8-14(15)17(12)19(16)13-6-2-1-3-7-13/h1-10H,11H2. The van der Waals surface area contributed by atoms with E-state index in [1.54, 1.807) is 10.6 Å².